The van der Waals surface area contributed by atoms with Crippen LogP contribution in [-0.4, -0.2) is 19.5 Å². The maximum Gasteiger partial charge on any atom is 0.121 e. The Bertz CT molecular complexity index is 646. The highest BCUT2D eigenvalue weighted by Gasteiger charge is 2.24. The van der Waals surface area contributed by atoms with Gasteiger partial charge in [-0.25, -0.2) is 0 Å². The summed E-state index contributed by atoms with van der Waals surface area (Å²) >= 11 is 7.84. The van der Waals surface area contributed by atoms with Crippen LogP contribution in [0.2, 0.25) is 0 Å². The van der Waals surface area contributed by atoms with Crippen molar-refractivity contribution in [2.24, 2.45) is 5.92 Å². The van der Waals surface area contributed by atoms with E-state index >= 15 is 0 Å². The molecule has 2 aromatic rings. The molecule has 0 fully saturated rings. The van der Waals surface area contributed by atoms with E-state index in [-0.39, 0.29) is 0 Å². The summed E-state index contributed by atoms with van der Waals surface area (Å²) < 4.78 is 5.39. The Labute approximate surface area is 135 Å². The Balaban J connectivity index is 2.07. The summed E-state index contributed by atoms with van der Waals surface area (Å²) in [5.74, 6) is 1.96. The van der Waals surface area contributed by atoms with Crippen molar-refractivity contribution in [1.29, 1.82) is 0 Å². The van der Waals surface area contributed by atoms with Gasteiger partial charge >= 0.3 is 0 Å². The lowest BCUT2D eigenvalue weighted by Gasteiger charge is -2.34. The van der Waals surface area contributed by atoms with Gasteiger partial charge in [0.15, 0.2) is 0 Å². The smallest absolute Gasteiger partial charge is 0.121 e. The molecule has 1 unspecified atom stereocenters. The Morgan fingerprint density at radius 2 is 1.90 bits per heavy atom. The fraction of sp³-hybridized carbons (Fsp3) is 0.294. The van der Waals surface area contributed by atoms with Gasteiger partial charge in [-0.1, -0.05) is 30.8 Å². The van der Waals surface area contributed by atoms with E-state index in [0.717, 1.165) is 12.3 Å². The molecule has 1 aliphatic rings. The van der Waals surface area contributed by atoms with Gasteiger partial charge in [-0.3, -0.25) is 0 Å². The van der Waals surface area contributed by atoms with Crippen LogP contribution in [0.5, 0.6) is 5.75 Å². The third kappa shape index (κ3) is 2.85. The highest BCUT2D eigenvalue weighted by Crippen LogP contribution is 2.49. The first-order valence-corrected chi connectivity index (χ1v) is 8.36. The predicted octanol–water partition coefficient (Wildman–Crippen LogP) is 5.17. The summed E-state index contributed by atoms with van der Waals surface area (Å²) in [5, 5.41) is 0. The van der Waals surface area contributed by atoms with Crippen molar-refractivity contribution in [2.75, 3.05) is 24.4 Å². The zero-order valence-corrected chi connectivity index (χ0v) is 13.7. The molecule has 0 radical (unpaired) electrons. The summed E-state index contributed by atoms with van der Waals surface area (Å²) in [6.07, 6.45) is 0. The summed E-state index contributed by atoms with van der Waals surface area (Å²) in [7, 11) is 1.71. The SMILES string of the molecule is COc1ccc2c(c1)N(CC(C)CCl)c1ccccc1S2. The summed E-state index contributed by atoms with van der Waals surface area (Å²) in [6.45, 7) is 3.08. The lowest BCUT2D eigenvalue weighted by Crippen LogP contribution is -2.27. The van der Waals surface area contributed by atoms with E-state index in [9.17, 15) is 0 Å². The van der Waals surface area contributed by atoms with Crippen molar-refractivity contribution in [3.63, 3.8) is 0 Å². The second-order valence-corrected chi connectivity index (χ2v) is 6.67. The molecule has 4 heteroatoms. The number of alkyl halides is 1. The molecule has 0 saturated carbocycles. The largest absolute Gasteiger partial charge is 0.497 e. The monoisotopic (exact) mass is 319 g/mol. The molecule has 2 aromatic carbocycles. The average molecular weight is 320 g/mol. The zero-order chi connectivity index (χ0) is 14.8. The van der Waals surface area contributed by atoms with Crippen molar-refractivity contribution in [3.8, 4) is 5.75 Å². The second-order valence-electron chi connectivity index (χ2n) is 5.27. The number of rotatable bonds is 4. The molecular formula is C17H18ClNOS. The van der Waals surface area contributed by atoms with Gasteiger partial charge in [0.1, 0.15) is 5.75 Å². The van der Waals surface area contributed by atoms with Crippen LogP contribution in [-0.2, 0) is 0 Å². The number of hydrogen-bond acceptors (Lipinski definition) is 3. The van der Waals surface area contributed by atoms with E-state index < -0.39 is 0 Å². The fourth-order valence-corrected chi connectivity index (χ4v) is 3.67. The molecule has 0 aromatic heterocycles. The molecule has 0 bridgehead atoms. The number of halogens is 1. The van der Waals surface area contributed by atoms with Crippen LogP contribution >= 0.6 is 23.4 Å². The van der Waals surface area contributed by atoms with Gasteiger partial charge in [-0.15, -0.1) is 11.6 Å². The summed E-state index contributed by atoms with van der Waals surface area (Å²) in [4.78, 5) is 4.91. The molecule has 0 N–H and O–H groups in total. The van der Waals surface area contributed by atoms with Gasteiger partial charge in [0, 0.05) is 28.3 Å². The summed E-state index contributed by atoms with van der Waals surface area (Å²) in [6, 6.07) is 14.8. The predicted molar refractivity (Wildman–Crippen MR) is 90.4 cm³/mol. The number of fused-ring (bicyclic) bond motifs is 2. The van der Waals surface area contributed by atoms with E-state index in [1.807, 2.05) is 17.8 Å². The lowest BCUT2D eigenvalue weighted by molar-refractivity contribution is 0.414. The van der Waals surface area contributed by atoms with Crippen molar-refractivity contribution in [3.05, 3.63) is 42.5 Å². The van der Waals surface area contributed by atoms with Crippen LogP contribution in [0, 0.1) is 5.92 Å². The molecule has 0 amide bonds. The zero-order valence-electron chi connectivity index (χ0n) is 12.2. The van der Waals surface area contributed by atoms with Crippen LogP contribution in [0.3, 0.4) is 0 Å². The molecule has 21 heavy (non-hydrogen) atoms. The molecule has 0 spiro atoms. The molecule has 0 saturated heterocycles. The van der Waals surface area contributed by atoms with Crippen molar-refractivity contribution in [2.45, 2.75) is 16.7 Å². The summed E-state index contributed by atoms with van der Waals surface area (Å²) in [5.41, 5.74) is 2.45. The molecule has 3 rings (SSSR count). The highest BCUT2D eigenvalue weighted by atomic mass is 35.5. The molecular weight excluding hydrogens is 302 g/mol. The number of para-hydroxylation sites is 1. The number of hydrogen-bond donors (Lipinski definition) is 0. The molecule has 0 aliphatic carbocycles. The third-order valence-electron chi connectivity index (χ3n) is 3.59. The van der Waals surface area contributed by atoms with E-state index in [2.05, 4.69) is 48.2 Å². The number of benzene rings is 2. The van der Waals surface area contributed by atoms with E-state index in [1.54, 1.807) is 7.11 Å². The Morgan fingerprint density at radius 1 is 1.14 bits per heavy atom. The average Bonchev–Trinajstić information content (AvgIpc) is 2.54. The molecule has 2 nitrogen and oxygen atoms in total. The molecule has 1 atom stereocenters. The highest BCUT2D eigenvalue weighted by molar-refractivity contribution is 7.99. The van der Waals surface area contributed by atoms with Gasteiger partial charge in [-0.05, 0) is 30.2 Å². The van der Waals surface area contributed by atoms with Crippen LogP contribution in [0.15, 0.2) is 52.3 Å². The minimum atomic E-state index is 0.418. The number of anilines is 2. The van der Waals surface area contributed by atoms with Crippen molar-refractivity contribution >= 4 is 34.7 Å². The minimum absolute atomic E-state index is 0.418. The molecule has 110 valence electrons. The van der Waals surface area contributed by atoms with Gasteiger partial charge in [0.05, 0.1) is 18.5 Å². The first kappa shape index (κ1) is 14.6. The lowest BCUT2D eigenvalue weighted by atomic mass is 10.1. The minimum Gasteiger partial charge on any atom is -0.497 e. The third-order valence-corrected chi connectivity index (χ3v) is 5.25. The van der Waals surface area contributed by atoms with Crippen molar-refractivity contribution < 1.29 is 4.74 Å². The maximum absolute atomic E-state index is 6.03. The van der Waals surface area contributed by atoms with E-state index in [1.165, 1.54) is 21.2 Å². The van der Waals surface area contributed by atoms with Gasteiger partial charge in [-0.2, -0.15) is 0 Å². The van der Waals surface area contributed by atoms with Crippen molar-refractivity contribution in [1.82, 2.24) is 0 Å². The normalized spacial score (nSPS) is 14.3. The van der Waals surface area contributed by atoms with E-state index in [0.29, 0.717) is 11.8 Å². The maximum atomic E-state index is 6.03. The number of nitrogens with zero attached hydrogens (tertiary/aromatic N) is 1. The first-order chi connectivity index (χ1) is 10.2. The van der Waals surface area contributed by atoms with Crippen LogP contribution in [0.25, 0.3) is 0 Å². The number of ether oxygens (including phenoxy) is 1. The standard InChI is InChI=1S/C17H18ClNOS/c1-12(10-18)11-19-14-5-3-4-6-16(14)21-17-8-7-13(20-2)9-15(17)19/h3-9,12H,10-11H2,1-2H3. The van der Waals surface area contributed by atoms with Crippen LogP contribution < -0.4 is 9.64 Å². The van der Waals surface area contributed by atoms with Crippen LogP contribution in [0.4, 0.5) is 11.4 Å². The number of methoxy groups -OCH3 is 1. The Morgan fingerprint density at radius 3 is 2.67 bits per heavy atom. The van der Waals surface area contributed by atoms with E-state index in [4.69, 9.17) is 16.3 Å². The van der Waals surface area contributed by atoms with Gasteiger partial charge < -0.3 is 9.64 Å². The Kier molecular flexibility index (Phi) is 4.32. The quantitative estimate of drug-likeness (QED) is 0.721. The molecule has 1 heterocycles. The first-order valence-electron chi connectivity index (χ1n) is 7.01. The molecule has 1 aliphatic heterocycles. The Hall–Kier alpha value is -1.32. The van der Waals surface area contributed by atoms with Crippen LogP contribution in [0.1, 0.15) is 6.92 Å². The second kappa shape index (κ2) is 6.20. The fourth-order valence-electron chi connectivity index (χ4n) is 2.49. The van der Waals surface area contributed by atoms with Gasteiger partial charge in [0.2, 0.25) is 0 Å². The topological polar surface area (TPSA) is 12.5 Å². The van der Waals surface area contributed by atoms with Gasteiger partial charge in [0.25, 0.3) is 0 Å².